The number of thiocarbonyl (C=S) groups is 1. The van der Waals surface area contributed by atoms with Crippen molar-refractivity contribution < 1.29 is 27.7 Å². The fraction of sp³-hybridized carbons (Fsp3) is 0.0476. The van der Waals surface area contributed by atoms with Gasteiger partial charge in [0.1, 0.15) is 35.5 Å². The zero-order valence-corrected chi connectivity index (χ0v) is 16.9. The molecule has 0 bridgehead atoms. The van der Waals surface area contributed by atoms with Gasteiger partial charge in [0.2, 0.25) is 0 Å². The van der Waals surface area contributed by atoms with Crippen LogP contribution in [0.1, 0.15) is 11.5 Å². The molecule has 1 fully saturated rings. The molecule has 3 aromatic rings. The normalized spacial score (nSPS) is 14.7. The van der Waals surface area contributed by atoms with Gasteiger partial charge in [-0.3, -0.25) is 19.8 Å². The van der Waals surface area contributed by atoms with Gasteiger partial charge >= 0.3 is 5.69 Å². The van der Waals surface area contributed by atoms with Gasteiger partial charge in [0.15, 0.2) is 10.9 Å². The van der Waals surface area contributed by atoms with E-state index in [1.54, 1.807) is 12.1 Å². The molecule has 0 saturated carbocycles. The number of anilines is 1. The number of nitrogens with one attached hydrogen (secondary N) is 1. The van der Waals surface area contributed by atoms with E-state index in [0.29, 0.717) is 11.4 Å². The summed E-state index contributed by atoms with van der Waals surface area (Å²) in [4.78, 5) is 24.3. The average molecular weight is 457 g/mol. The van der Waals surface area contributed by atoms with E-state index >= 15 is 0 Å². The number of nitro groups is 1. The Bertz CT molecular complexity index is 1260. The number of hydrogen-bond donors (Lipinski definition) is 1. The molecule has 1 saturated heterocycles. The molecule has 4 rings (SSSR count). The van der Waals surface area contributed by atoms with Gasteiger partial charge in [0.05, 0.1) is 10.6 Å². The molecule has 1 aliphatic heterocycles. The van der Waals surface area contributed by atoms with Crippen LogP contribution >= 0.6 is 12.2 Å². The summed E-state index contributed by atoms with van der Waals surface area (Å²) >= 11 is 5.19. The number of benzene rings is 2. The Morgan fingerprint density at radius 2 is 1.84 bits per heavy atom. The Kier molecular flexibility index (Phi) is 5.65. The van der Waals surface area contributed by atoms with Gasteiger partial charge in [-0.1, -0.05) is 0 Å². The lowest BCUT2D eigenvalue weighted by Gasteiger charge is -2.13. The zero-order chi connectivity index (χ0) is 22.8. The number of nitrogens with zero attached hydrogens (tertiary/aromatic N) is 2. The van der Waals surface area contributed by atoms with Crippen molar-refractivity contribution in [2.45, 2.75) is 6.61 Å². The van der Waals surface area contributed by atoms with E-state index in [4.69, 9.17) is 21.4 Å². The van der Waals surface area contributed by atoms with E-state index in [0.717, 1.165) is 18.2 Å². The van der Waals surface area contributed by atoms with Crippen LogP contribution in [0.4, 0.5) is 20.2 Å². The second kappa shape index (κ2) is 8.55. The van der Waals surface area contributed by atoms with Crippen molar-refractivity contribution >= 4 is 40.7 Å². The van der Waals surface area contributed by atoms with Gasteiger partial charge in [0.25, 0.3) is 5.91 Å². The zero-order valence-electron chi connectivity index (χ0n) is 16.1. The highest BCUT2D eigenvalue weighted by molar-refractivity contribution is 7.80. The number of hydrogen-bond acceptors (Lipinski definition) is 6. The van der Waals surface area contributed by atoms with Crippen molar-refractivity contribution in [3.63, 3.8) is 0 Å². The maximum absolute atomic E-state index is 13.4. The maximum atomic E-state index is 13.4. The maximum Gasteiger partial charge on any atom is 0.311 e. The molecule has 2 heterocycles. The fourth-order valence-corrected chi connectivity index (χ4v) is 3.25. The summed E-state index contributed by atoms with van der Waals surface area (Å²) in [5.74, 6) is -1.23. The highest BCUT2D eigenvalue weighted by Gasteiger charge is 2.32. The summed E-state index contributed by atoms with van der Waals surface area (Å²) in [6, 6.07) is 11.3. The Labute approximate surface area is 184 Å². The van der Waals surface area contributed by atoms with Crippen molar-refractivity contribution in [3.8, 4) is 5.75 Å². The van der Waals surface area contributed by atoms with Crippen LogP contribution < -0.4 is 15.0 Å². The van der Waals surface area contributed by atoms with E-state index in [2.05, 4.69) is 5.32 Å². The predicted molar refractivity (Wildman–Crippen MR) is 114 cm³/mol. The first kappa shape index (κ1) is 21.1. The van der Waals surface area contributed by atoms with Gasteiger partial charge in [-0.2, -0.15) is 0 Å². The Hall–Kier alpha value is -4.12. The summed E-state index contributed by atoms with van der Waals surface area (Å²) in [6.07, 6.45) is 1.42. The van der Waals surface area contributed by atoms with Crippen LogP contribution in [0.15, 0.2) is 64.7 Å². The first-order chi connectivity index (χ1) is 15.3. The van der Waals surface area contributed by atoms with Crippen LogP contribution in [-0.2, 0) is 11.4 Å². The Morgan fingerprint density at radius 3 is 2.56 bits per heavy atom. The summed E-state index contributed by atoms with van der Waals surface area (Å²) in [7, 11) is 0. The summed E-state index contributed by atoms with van der Waals surface area (Å²) in [5, 5.41) is 13.9. The van der Waals surface area contributed by atoms with E-state index in [1.165, 1.54) is 35.2 Å². The van der Waals surface area contributed by atoms with Crippen LogP contribution in [0.2, 0.25) is 0 Å². The van der Waals surface area contributed by atoms with Crippen molar-refractivity contribution in [1.29, 1.82) is 0 Å². The van der Waals surface area contributed by atoms with Gasteiger partial charge in [-0.25, -0.2) is 8.78 Å². The largest absolute Gasteiger partial charge is 0.479 e. The van der Waals surface area contributed by atoms with Crippen molar-refractivity contribution in [2.75, 3.05) is 4.90 Å². The third-order valence-electron chi connectivity index (χ3n) is 4.42. The number of amides is 1. The van der Waals surface area contributed by atoms with Gasteiger partial charge in [-0.05, 0) is 54.7 Å². The monoisotopic (exact) mass is 457 g/mol. The number of rotatable bonds is 6. The average Bonchev–Trinajstić information content (AvgIpc) is 3.31. The second-order valence-corrected chi connectivity index (χ2v) is 6.95. The van der Waals surface area contributed by atoms with Gasteiger partial charge in [0, 0.05) is 18.2 Å². The van der Waals surface area contributed by atoms with E-state index in [-0.39, 0.29) is 34.6 Å². The molecule has 0 radical (unpaired) electrons. The molecule has 0 spiro atoms. The highest BCUT2D eigenvalue weighted by Crippen LogP contribution is 2.29. The van der Waals surface area contributed by atoms with E-state index < -0.39 is 22.5 Å². The topological polar surface area (TPSA) is 97.8 Å². The summed E-state index contributed by atoms with van der Waals surface area (Å²) in [5.41, 5.74) is 0.167. The van der Waals surface area contributed by atoms with E-state index in [9.17, 15) is 23.7 Å². The van der Waals surface area contributed by atoms with Gasteiger partial charge < -0.3 is 14.5 Å². The third kappa shape index (κ3) is 4.32. The van der Waals surface area contributed by atoms with Crippen LogP contribution in [-0.4, -0.2) is 15.9 Å². The van der Waals surface area contributed by atoms with Crippen molar-refractivity contribution in [3.05, 3.63) is 93.6 Å². The molecule has 1 amide bonds. The molecule has 11 heteroatoms. The minimum Gasteiger partial charge on any atom is -0.479 e. The molecule has 1 aromatic heterocycles. The smallest absolute Gasteiger partial charge is 0.311 e. The van der Waals surface area contributed by atoms with Crippen LogP contribution in [0, 0.1) is 21.7 Å². The van der Waals surface area contributed by atoms with Crippen LogP contribution in [0.25, 0.3) is 6.08 Å². The number of nitro benzene ring substituents is 1. The lowest BCUT2D eigenvalue weighted by molar-refractivity contribution is -0.386. The van der Waals surface area contributed by atoms with Crippen molar-refractivity contribution in [2.24, 2.45) is 0 Å². The highest BCUT2D eigenvalue weighted by atomic mass is 32.1. The minimum atomic E-state index is -0.681. The van der Waals surface area contributed by atoms with Crippen LogP contribution in [0.3, 0.4) is 0 Å². The molecule has 0 unspecified atom stereocenters. The molecule has 32 heavy (non-hydrogen) atoms. The standard InChI is InChI=1S/C21H13F2N3O5S/c22-12-1-4-14(5-2-12)25-20(27)17(24-21(25)32)10-15-6-7-16(31-15)11-30-19-9-13(23)3-8-18(19)26(28)29/h1-10H,11H2,(H,24,32)/b17-10+. The van der Waals surface area contributed by atoms with Crippen LogP contribution in [0.5, 0.6) is 5.75 Å². The molecule has 0 aliphatic carbocycles. The van der Waals surface area contributed by atoms with E-state index in [1.807, 2.05) is 0 Å². The number of furan rings is 1. The lowest BCUT2D eigenvalue weighted by Crippen LogP contribution is -2.30. The first-order valence-electron chi connectivity index (χ1n) is 9.10. The molecule has 2 aromatic carbocycles. The first-order valence-corrected chi connectivity index (χ1v) is 9.51. The molecular formula is C21H13F2N3O5S. The Balaban J connectivity index is 1.48. The molecule has 8 nitrogen and oxygen atoms in total. The number of carbonyl (C=O) groups excluding carboxylic acids is 1. The molecular weight excluding hydrogens is 444 g/mol. The third-order valence-corrected chi connectivity index (χ3v) is 4.71. The van der Waals surface area contributed by atoms with Gasteiger partial charge in [-0.15, -0.1) is 0 Å². The SMILES string of the molecule is O=C1/C(=C\c2ccc(COc3cc(F)ccc3[N+](=O)[O-])o2)NC(=S)N1c1ccc(F)cc1. The molecule has 1 N–H and O–H groups in total. The molecule has 1 aliphatic rings. The molecule has 0 atom stereocenters. The fourth-order valence-electron chi connectivity index (χ4n) is 2.95. The second-order valence-electron chi connectivity index (χ2n) is 6.57. The summed E-state index contributed by atoms with van der Waals surface area (Å²) < 4.78 is 37.5. The van der Waals surface area contributed by atoms with Crippen molar-refractivity contribution in [1.82, 2.24) is 5.32 Å². The number of ether oxygens (including phenoxy) is 1. The number of halogens is 2. The minimum absolute atomic E-state index is 0.126. The summed E-state index contributed by atoms with van der Waals surface area (Å²) in [6.45, 7) is -0.199. The lowest BCUT2D eigenvalue weighted by atomic mass is 10.2. The molecule has 162 valence electrons. The Morgan fingerprint density at radius 1 is 1.12 bits per heavy atom. The number of carbonyl (C=O) groups is 1. The predicted octanol–water partition coefficient (Wildman–Crippen LogP) is 4.31. The quantitative estimate of drug-likeness (QED) is 0.255.